The normalized spacial score (nSPS) is 26.6. The van der Waals surface area contributed by atoms with E-state index in [2.05, 4.69) is 92.3 Å². The fourth-order valence-electron chi connectivity index (χ4n) is 6.17. The van der Waals surface area contributed by atoms with Gasteiger partial charge in [-0.1, -0.05) is 118 Å². The lowest BCUT2D eigenvalue weighted by atomic mass is 9.93. The number of hydrogen-bond acceptors (Lipinski definition) is 5. The molecule has 6 atom stereocenters. The molecule has 0 aliphatic carbocycles. The standard InChI is InChI=1S/C35H60O5Si/c1-13-14-15-19-29(10)35(38-31(12)36)33-22-21-28(9)32(40-41(24(2)3,25(4)5)26(6)7)20-17-16-18-27(8)30(11)23-34(37)39-33/h15,17,19-22,24-26,28-30,32-33,35H,8,13-14,16,18,23H2,1-7,9-12H3/b19-15+,20-17+,22-21+/t28-,29-,30-,32+,33-,35-/m1/s1. The van der Waals surface area contributed by atoms with Crippen LogP contribution in [0.1, 0.15) is 108 Å². The van der Waals surface area contributed by atoms with Crippen molar-refractivity contribution < 1.29 is 23.5 Å². The van der Waals surface area contributed by atoms with E-state index in [0.717, 1.165) is 31.3 Å². The van der Waals surface area contributed by atoms with E-state index in [9.17, 15) is 9.59 Å². The molecule has 1 aliphatic heterocycles. The van der Waals surface area contributed by atoms with Gasteiger partial charge in [0.05, 0.1) is 12.5 Å². The molecule has 0 spiro atoms. The van der Waals surface area contributed by atoms with Gasteiger partial charge in [-0.3, -0.25) is 9.59 Å². The molecule has 1 aliphatic rings. The van der Waals surface area contributed by atoms with E-state index >= 15 is 0 Å². The van der Waals surface area contributed by atoms with E-state index < -0.39 is 26.5 Å². The Balaban J connectivity index is 3.61. The molecule has 0 radical (unpaired) electrons. The van der Waals surface area contributed by atoms with Crippen molar-refractivity contribution in [2.45, 2.75) is 143 Å². The molecule has 0 saturated heterocycles. The second-order valence-electron chi connectivity index (χ2n) is 13.0. The summed E-state index contributed by atoms with van der Waals surface area (Å²) in [7, 11) is -2.16. The van der Waals surface area contributed by atoms with Crippen LogP contribution < -0.4 is 0 Å². The first-order valence-electron chi connectivity index (χ1n) is 15.9. The van der Waals surface area contributed by atoms with Gasteiger partial charge in [0.25, 0.3) is 0 Å². The molecule has 0 fully saturated rings. The molecular formula is C35H60O5Si. The Morgan fingerprint density at radius 3 is 2.22 bits per heavy atom. The van der Waals surface area contributed by atoms with Crippen molar-refractivity contribution in [3.8, 4) is 0 Å². The molecule has 0 N–H and O–H groups in total. The van der Waals surface area contributed by atoms with Crippen LogP contribution in [0.15, 0.2) is 48.6 Å². The number of carbonyl (C=O) groups excluding carboxylic acids is 2. The molecule has 41 heavy (non-hydrogen) atoms. The molecule has 1 rings (SSSR count). The van der Waals surface area contributed by atoms with Gasteiger partial charge < -0.3 is 13.9 Å². The van der Waals surface area contributed by atoms with E-state index in [1.807, 2.05) is 19.9 Å². The van der Waals surface area contributed by atoms with Crippen molar-refractivity contribution in [2.24, 2.45) is 17.8 Å². The molecule has 5 nitrogen and oxygen atoms in total. The molecule has 0 aromatic carbocycles. The predicted octanol–water partition coefficient (Wildman–Crippen LogP) is 9.51. The maximum absolute atomic E-state index is 13.2. The Morgan fingerprint density at radius 2 is 1.68 bits per heavy atom. The largest absolute Gasteiger partial charge is 0.458 e. The van der Waals surface area contributed by atoms with E-state index in [1.54, 1.807) is 0 Å². The summed E-state index contributed by atoms with van der Waals surface area (Å²) < 4.78 is 19.1. The Hall–Kier alpha value is -1.92. The van der Waals surface area contributed by atoms with Crippen LogP contribution in [0.25, 0.3) is 0 Å². The van der Waals surface area contributed by atoms with Gasteiger partial charge in [0.1, 0.15) is 6.10 Å². The number of ether oxygens (including phenoxy) is 2. The first kappa shape index (κ1) is 37.1. The van der Waals surface area contributed by atoms with Crippen molar-refractivity contribution in [1.29, 1.82) is 0 Å². The molecule has 0 unspecified atom stereocenters. The van der Waals surface area contributed by atoms with Crippen molar-refractivity contribution in [2.75, 3.05) is 0 Å². The van der Waals surface area contributed by atoms with Crippen molar-refractivity contribution in [3.05, 3.63) is 48.6 Å². The van der Waals surface area contributed by atoms with Crippen molar-refractivity contribution in [1.82, 2.24) is 0 Å². The summed E-state index contributed by atoms with van der Waals surface area (Å²) in [6, 6.07) is 0. The van der Waals surface area contributed by atoms with Gasteiger partial charge in [0.2, 0.25) is 8.32 Å². The maximum atomic E-state index is 13.2. The Labute approximate surface area is 253 Å². The first-order valence-corrected chi connectivity index (χ1v) is 18.0. The predicted molar refractivity (Wildman–Crippen MR) is 174 cm³/mol. The number of allylic oxidation sites excluding steroid dienone is 3. The Kier molecular flexibility index (Phi) is 16.2. The summed E-state index contributed by atoms with van der Waals surface area (Å²) in [5.41, 5.74) is 2.40. The highest BCUT2D eigenvalue weighted by Gasteiger charge is 2.46. The second kappa shape index (κ2) is 17.9. The van der Waals surface area contributed by atoms with Gasteiger partial charge >= 0.3 is 11.9 Å². The minimum atomic E-state index is -2.16. The van der Waals surface area contributed by atoms with E-state index in [1.165, 1.54) is 6.92 Å². The quantitative estimate of drug-likeness (QED) is 0.137. The smallest absolute Gasteiger partial charge is 0.307 e. The molecule has 0 aromatic heterocycles. The third kappa shape index (κ3) is 11.4. The number of esters is 2. The highest BCUT2D eigenvalue weighted by atomic mass is 28.4. The number of carbonyl (C=O) groups is 2. The fraction of sp³-hybridized carbons (Fsp3) is 0.714. The second-order valence-corrected chi connectivity index (χ2v) is 18.4. The number of rotatable bonds is 11. The third-order valence-corrected chi connectivity index (χ3v) is 14.7. The molecule has 234 valence electrons. The molecular weight excluding hydrogens is 528 g/mol. The molecule has 0 bridgehead atoms. The average molecular weight is 589 g/mol. The van der Waals surface area contributed by atoms with Crippen LogP contribution in [0.2, 0.25) is 16.6 Å². The van der Waals surface area contributed by atoms with Gasteiger partial charge in [-0.25, -0.2) is 0 Å². The molecule has 1 heterocycles. The average Bonchev–Trinajstić information content (AvgIpc) is 2.87. The topological polar surface area (TPSA) is 61.8 Å². The van der Waals surface area contributed by atoms with E-state index in [0.29, 0.717) is 16.6 Å². The summed E-state index contributed by atoms with van der Waals surface area (Å²) >= 11 is 0. The van der Waals surface area contributed by atoms with Crippen LogP contribution in [0.3, 0.4) is 0 Å². The van der Waals surface area contributed by atoms with Crippen molar-refractivity contribution >= 4 is 20.3 Å². The maximum Gasteiger partial charge on any atom is 0.307 e. The van der Waals surface area contributed by atoms with Crippen LogP contribution in [0.5, 0.6) is 0 Å². The zero-order valence-electron chi connectivity index (χ0n) is 27.9. The third-order valence-electron chi connectivity index (χ3n) is 8.60. The van der Waals surface area contributed by atoms with Gasteiger partial charge in [0, 0.05) is 18.8 Å². The lowest BCUT2D eigenvalue weighted by Gasteiger charge is -2.45. The zero-order chi connectivity index (χ0) is 31.3. The lowest BCUT2D eigenvalue weighted by Crippen LogP contribution is -2.50. The van der Waals surface area contributed by atoms with Crippen LogP contribution in [-0.2, 0) is 23.5 Å². The lowest BCUT2D eigenvalue weighted by molar-refractivity contribution is -0.165. The summed E-state index contributed by atoms with van der Waals surface area (Å²) in [6.45, 7) is 27.8. The van der Waals surface area contributed by atoms with E-state index in [4.69, 9.17) is 13.9 Å². The van der Waals surface area contributed by atoms with Crippen LogP contribution in [-0.4, -0.2) is 38.6 Å². The summed E-state index contributed by atoms with van der Waals surface area (Å²) in [5, 5.41) is 0. The van der Waals surface area contributed by atoms with E-state index in [-0.39, 0.29) is 36.2 Å². The number of cyclic esters (lactones) is 1. The first-order chi connectivity index (χ1) is 19.2. The highest BCUT2D eigenvalue weighted by molar-refractivity contribution is 6.77. The summed E-state index contributed by atoms with van der Waals surface area (Å²) in [5.74, 6) is -0.829. The van der Waals surface area contributed by atoms with Crippen LogP contribution in [0, 0.1) is 17.8 Å². The molecule has 6 heteroatoms. The zero-order valence-corrected chi connectivity index (χ0v) is 28.9. The Bertz CT molecular complexity index is 894. The molecule has 0 aromatic rings. The van der Waals surface area contributed by atoms with Crippen LogP contribution >= 0.6 is 0 Å². The molecule has 0 saturated carbocycles. The highest BCUT2D eigenvalue weighted by Crippen LogP contribution is 2.44. The summed E-state index contributed by atoms with van der Waals surface area (Å²) in [4.78, 5) is 25.3. The molecule has 0 amide bonds. The fourth-order valence-corrected chi connectivity index (χ4v) is 11.7. The minimum Gasteiger partial charge on any atom is -0.458 e. The summed E-state index contributed by atoms with van der Waals surface area (Å²) in [6.07, 6.45) is 15.0. The van der Waals surface area contributed by atoms with Crippen LogP contribution in [0.4, 0.5) is 0 Å². The van der Waals surface area contributed by atoms with Gasteiger partial charge in [0.15, 0.2) is 6.10 Å². The monoisotopic (exact) mass is 588 g/mol. The van der Waals surface area contributed by atoms with Gasteiger partial charge in [-0.15, -0.1) is 0 Å². The minimum absolute atomic E-state index is 0.00799. The van der Waals surface area contributed by atoms with Crippen molar-refractivity contribution in [3.63, 3.8) is 0 Å². The number of unbranched alkanes of at least 4 members (excludes halogenated alkanes) is 1. The SMILES string of the molecule is C=C1CC/C=C/[C@H](O[Si](C(C)C)(C(C)C)C(C)C)[C@H](C)/C=C/[C@H]([C@H](OC(C)=O)[C@H](C)/C=C/CCC)OC(=O)C[C@H]1C. The van der Waals surface area contributed by atoms with Gasteiger partial charge in [-0.05, 0) is 47.9 Å². The van der Waals surface area contributed by atoms with Gasteiger partial charge in [-0.2, -0.15) is 0 Å². The Morgan fingerprint density at radius 1 is 1.07 bits per heavy atom. The number of hydrogen-bond donors (Lipinski definition) is 0.